The summed E-state index contributed by atoms with van der Waals surface area (Å²) in [7, 11) is 0. The molecule has 1 N–H and O–H groups in total. The molecule has 2 aromatic rings. The number of ether oxygens (including phenoxy) is 2. The van der Waals surface area contributed by atoms with Gasteiger partial charge in [-0.15, -0.1) is 0 Å². The predicted molar refractivity (Wildman–Crippen MR) is 115 cm³/mol. The Hall–Kier alpha value is -3.88. The van der Waals surface area contributed by atoms with Crippen LogP contribution >= 0.6 is 0 Å². The van der Waals surface area contributed by atoms with E-state index >= 15 is 0 Å². The van der Waals surface area contributed by atoms with Crippen molar-refractivity contribution in [3.63, 3.8) is 0 Å². The van der Waals surface area contributed by atoms with Gasteiger partial charge in [0.2, 0.25) is 18.6 Å². The van der Waals surface area contributed by atoms with Gasteiger partial charge < -0.3 is 19.3 Å². The van der Waals surface area contributed by atoms with Gasteiger partial charge in [0.05, 0.1) is 0 Å². The molecule has 170 valence electrons. The van der Waals surface area contributed by atoms with Gasteiger partial charge in [-0.2, -0.15) is 0 Å². The van der Waals surface area contributed by atoms with Gasteiger partial charge >= 0.3 is 0 Å². The van der Waals surface area contributed by atoms with Crippen LogP contribution in [0.25, 0.3) is 0 Å². The summed E-state index contributed by atoms with van der Waals surface area (Å²) in [6.45, 7) is 3.14. The number of fused-ring (bicyclic) bond motifs is 2. The summed E-state index contributed by atoms with van der Waals surface area (Å²) >= 11 is 0. The molecule has 3 aliphatic rings. The number of piperidine rings is 1. The van der Waals surface area contributed by atoms with Crippen molar-refractivity contribution in [1.82, 2.24) is 15.1 Å². The van der Waals surface area contributed by atoms with E-state index in [1.807, 2.05) is 25.1 Å². The molecule has 5 rings (SSSR count). The number of amides is 4. The molecule has 4 amide bonds. The Morgan fingerprint density at radius 2 is 2.03 bits per heavy atom. The third kappa shape index (κ3) is 3.69. The Morgan fingerprint density at radius 3 is 2.82 bits per heavy atom. The van der Waals surface area contributed by atoms with Crippen molar-refractivity contribution >= 4 is 23.6 Å². The van der Waals surface area contributed by atoms with E-state index in [2.05, 4.69) is 5.32 Å². The summed E-state index contributed by atoms with van der Waals surface area (Å²) < 4.78 is 11.0. The van der Waals surface area contributed by atoms with Gasteiger partial charge in [0, 0.05) is 42.7 Å². The molecule has 1 atom stereocenters. The lowest BCUT2D eigenvalue weighted by atomic mass is 10.0. The Labute approximate surface area is 190 Å². The normalized spacial score (nSPS) is 18.9. The highest BCUT2D eigenvalue weighted by molar-refractivity contribution is 6.06. The zero-order valence-corrected chi connectivity index (χ0v) is 18.1. The van der Waals surface area contributed by atoms with Gasteiger partial charge in [0.1, 0.15) is 6.04 Å². The second-order valence-corrected chi connectivity index (χ2v) is 8.24. The van der Waals surface area contributed by atoms with Gasteiger partial charge in [-0.25, -0.2) is 0 Å². The first-order valence-electron chi connectivity index (χ1n) is 10.9. The molecule has 0 saturated carbocycles. The molecular weight excluding hydrogens is 426 g/mol. The van der Waals surface area contributed by atoms with Crippen molar-refractivity contribution in [3.05, 3.63) is 58.7 Å². The third-order valence-electron chi connectivity index (χ3n) is 6.28. The minimum atomic E-state index is -0.684. The third-order valence-corrected chi connectivity index (χ3v) is 6.28. The standard InChI is InChI=1S/C24H23N3O6/c1-2-26(11-15-4-3-5-19-21(15)33-13-32-19)23(30)14-6-7-17-16(10-14)12-27(24(17)31)18-8-9-20(28)25-22(18)29/h3-7,10,18H,2,8-9,11-13H2,1H3,(H,25,28,29). The molecule has 9 nitrogen and oxygen atoms in total. The Morgan fingerprint density at radius 1 is 1.18 bits per heavy atom. The summed E-state index contributed by atoms with van der Waals surface area (Å²) in [6.07, 6.45) is 0.497. The fourth-order valence-electron chi connectivity index (χ4n) is 4.54. The van der Waals surface area contributed by atoms with Gasteiger partial charge in [-0.05, 0) is 43.2 Å². The van der Waals surface area contributed by atoms with E-state index in [0.29, 0.717) is 47.7 Å². The highest BCUT2D eigenvalue weighted by Crippen LogP contribution is 2.36. The maximum absolute atomic E-state index is 13.3. The first-order valence-corrected chi connectivity index (χ1v) is 10.9. The van der Waals surface area contributed by atoms with Crippen LogP contribution in [0.3, 0.4) is 0 Å². The number of nitrogens with zero attached hydrogens (tertiary/aromatic N) is 2. The van der Waals surface area contributed by atoms with Crippen LogP contribution in [0.4, 0.5) is 0 Å². The SMILES string of the molecule is CCN(Cc1cccc2c1OCO2)C(=O)c1ccc2c(c1)CN(C1CCC(=O)NC1=O)C2=O. The van der Waals surface area contributed by atoms with Crippen LogP contribution in [0.15, 0.2) is 36.4 Å². The zero-order chi connectivity index (χ0) is 23.1. The monoisotopic (exact) mass is 449 g/mol. The van der Waals surface area contributed by atoms with Crippen molar-refractivity contribution in [2.45, 2.75) is 38.9 Å². The molecule has 3 aliphatic heterocycles. The van der Waals surface area contributed by atoms with E-state index in [1.165, 1.54) is 4.90 Å². The number of hydrogen-bond acceptors (Lipinski definition) is 6. The van der Waals surface area contributed by atoms with Crippen molar-refractivity contribution in [2.75, 3.05) is 13.3 Å². The molecule has 33 heavy (non-hydrogen) atoms. The average Bonchev–Trinajstić information content (AvgIpc) is 3.42. The lowest BCUT2D eigenvalue weighted by Crippen LogP contribution is -2.52. The number of hydrogen-bond donors (Lipinski definition) is 1. The molecule has 0 radical (unpaired) electrons. The first kappa shape index (κ1) is 21.0. The van der Waals surface area contributed by atoms with Crippen LogP contribution in [-0.4, -0.2) is 52.8 Å². The largest absolute Gasteiger partial charge is 0.454 e. The fraction of sp³-hybridized carbons (Fsp3) is 0.333. The lowest BCUT2D eigenvalue weighted by molar-refractivity contribution is -0.136. The van der Waals surface area contributed by atoms with E-state index in [-0.39, 0.29) is 37.5 Å². The highest BCUT2D eigenvalue weighted by atomic mass is 16.7. The summed E-state index contributed by atoms with van der Waals surface area (Å²) in [6, 6.07) is 9.92. The number of carbonyl (C=O) groups is 4. The second-order valence-electron chi connectivity index (χ2n) is 8.24. The van der Waals surface area contributed by atoms with E-state index in [9.17, 15) is 19.2 Å². The summed E-state index contributed by atoms with van der Waals surface area (Å²) in [5.74, 6) is 0.117. The minimum Gasteiger partial charge on any atom is -0.454 e. The topological polar surface area (TPSA) is 105 Å². The van der Waals surface area contributed by atoms with E-state index in [1.54, 1.807) is 23.1 Å². The van der Waals surface area contributed by atoms with Crippen LogP contribution in [0.1, 0.15) is 51.6 Å². The van der Waals surface area contributed by atoms with E-state index < -0.39 is 11.9 Å². The lowest BCUT2D eigenvalue weighted by Gasteiger charge is -2.29. The quantitative estimate of drug-likeness (QED) is 0.699. The molecule has 1 unspecified atom stereocenters. The van der Waals surface area contributed by atoms with Gasteiger partial charge in [0.25, 0.3) is 11.8 Å². The van der Waals surface area contributed by atoms with Crippen LogP contribution in [0.5, 0.6) is 11.5 Å². The minimum absolute atomic E-state index is 0.162. The predicted octanol–water partition coefficient (Wildman–Crippen LogP) is 1.84. The number of nitrogens with one attached hydrogen (secondary N) is 1. The number of imide groups is 1. The number of para-hydroxylation sites is 1. The molecule has 9 heteroatoms. The number of carbonyl (C=O) groups excluding carboxylic acids is 4. The van der Waals surface area contributed by atoms with E-state index in [0.717, 1.165) is 5.56 Å². The Bertz CT molecular complexity index is 1180. The van der Waals surface area contributed by atoms with E-state index in [4.69, 9.17) is 9.47 Å². The van der Waals surface area contributed by atoms with Crippen LogP contribution < -0.4 is 14.8 Å². The average molecular weight is 449 g/mol. The zero-order valence-electron chi connectivity index (χ0n) is 18.1. The van der Waals surface area contributed by atoms with Crippen LogP contribution in [0, 0.1) is 0 Å². The van der Waals surface area contributed by atoms with Gasteiger partial charge in [-0.1, -0.05) is 12.1 Å². The molecule has 0 aliphatic carbocycles. The number of rotatable bonds is 5. The van der Waals surface area contributed by atoms with Crippen molar-refractivity contribution in [1.29, 1.82) is 0 Å². The van der Waals surface area contributed by atoms with Gasteiger partial charge in [-0.3, -0.25) is 24.5 Å². The summed E-state index contributed by atoms with van der Waals surface area (Å²) in [4.78, 5) is 53.0. The maximum Gasteiger partial charge on any atom is 0.255 e. The molecule has 3 heterocycles. The summed E-state index contributed by atoms with van der Waals surface area (Å²) in [5.41, 5.74) is 2.51. The van der Waals surface area contributed by atoms with Gasteiger partial charge in [0.15, 0.2) is 11.5 Å². The maximum atomic E-state index is 13.3. The smallest absolute Gasteiger partial charge is 0.255 e. The molecule has 0 aromatic heterocycles. The summed E-state index contributed by atoms with van der Waals surface area (Å²) in [5, 5.41) is 2.29. The molecule has 0 bridgehead atoms. The number of benzene rings is 2. The highest BCUT2D eigenvalue weighted by Gasteiger charge is 2.39. The Balaban J connectivity index is 1.35. The molecule has 1 saturated heterocycles. The molecule has 0 spiro atoms. The van der Waals surface area contributed by atoms with Crippen molar-refractivity contribution in [3.8, 4) is 11.5 Å². The molecular formula is C24H23N3O6. The van der Waals surface area contributed by atoms with Crippen LogP contribution in [-0.2, 0) is 22.7 Å². The fourth-order valence-corrected chi connectivity index (χ4v) is 4.54. The molecule has 2 aromatic carbocycles. The van der Waals surface area contributed by atoms with Crippen molar-refractivity contribution < 1.29 is 28.7 Å². The first-order chi connectivity index (χ1) is 16.0. The van der Waals surface area contributed by atoms with Crippen molar-refractivity contribution in [2.24, 2.45) is 0 Å². The second kappa shape index (κ2) is 8.23. The Kier molecular flexibility index (Phi) is 5.24. The molecule has 1 fully saturated rings. The van der Waals surface area contributed by atoms with Crippen LogP contribution in [0.2, 0.25) is 0 Å².